The second kappa shape index (κ2) is 6.53. The molecule has 6 heteroatoms. The smallest absolute Gasteiger partial charge is 0.319 e. The molecule has 0 radical (unpaired) electrons. The lowest BCUT2D eigenvalue weighted by atomic mass is 10.1. The second-order valence-electron chi connectivity index (χ2n) is 4.61. The van der Waals surface area contributed by atoms with Crippen LogP contribution < -0.4 is 10.6 Å². The highest BCUT2D eigenvalue weighted by Gasteiger charge is 2.05. The van der Waals surface area contributed by atoms with Gasteiger partial charge in [-0.1, -0.05) is 0 Å². The van der Waals surface area contributed by atoms with E-state index in [1.165, 1.54) is 0 Å². The largest absolute Gasteiger partial charge is 0.464 e. The van der Waals surface area contributed by atoms with Gasteiger partial charge in [-0.05, 0) is 35.9 Å². The van der Waals surface area contributed by atoms with Crippen molar-refractivity contribution in [2.45, 2.75) is 6.54 Å². The van der Waals surface area contributed by atoms with Gasteiger partial charge in [0, 0.05) is 30.7 Å². The number of amides is 2. The number of hydrogen-bond acceptors (Lipinski definition) is 4. The Balaban J connectivity index is 1.60. The molecule has 22 heavy (non-hydrogen) atoms. The lowest BCUT2D eigenvalue weighted by Crippen LogP contribution is -2.28. The van der Waals surface area contributed by atoms with Gasteiger partial charge in [-0.25, -0.2) is 4.79 Å². The van der Waals surface area contributed by atoms with Gasteiger partial charge in [0.05, 0.1) is 18.1 Å². The van der Waals surface area contributed by atoms with Crippen molar-refractivity contribution >= 4 is 11.7 Å². The molecule has 3 aromatic heterocycles. The summed E-state index contributed by atoms with van der Waals surface area (Å²) in [6.45, 7) is 0.369. The molecule has 0 fully saturated rings. The number of hydrogen-bond donors (Lipinski definition) is 2. The number of pyridine rings is 2. The van der Waals surface area contributed by atoms with Crippen LogP contribution in [-0.4, -0.2) is 16.0 Å². The SMILES string of the molecule is O=C(NCc1cncc(-c2ccco2)c1)Nc1cccnc1. The fourth-order valence-corrected chi connectivity index (χ4v) is 1.96. The number of carbonyl (C=O) groups excluding carboxylic acids is 1. The van der Waals surface area contributed by atoms with Gasteiger partial charge in [0.25, 0.3) is 0 Å². The Labute approximate surface area is 127 Å². The number of carbonyl (C=O) groups is 1. The Morgan fingerprint density at radius 1 is 1.14 bits per heavy atom. The maximum atomic E-state index is 11.8. The Bertz CT molecular complexity index is 742. The van der Waals surface area contributed by atoms with E-state index >= 15 is 0 Å². The molecule has 3 heterocycles. The van der Waals surface area contributed by atoms with Crippen LogP contribution in [0.5, 0.6) is 0 Å². The van der Waals surface area contributed by atoms with Crippen LogP contribution in [0.3, 0.4) is 0 Å². The van der Waals surface area contributed by atoms with E-state index in [1.807, 2.05) is 18.2 Å². The minimum atomic E-state index is -0.295. The first-order chi connectivity index (χ1) is 10.8. The summed E-state index contributed by atoms with van der Waals surface area (Å²) >= 11 is 0. The van der Waals surface area contributed by atoms with Crippen molar-refractivity contribution in [1.82, 2.24) is 15.3 Å². The van der Waals surface area contributed by atoms with Crippen molar-refractivity contribution in [2.75, 3.05) is 5.32 Å². The van der Waals surface area contributed by atoms with Crippen molar-refractivity contribution in [1.29, 1.82) is 0 Å². The third-order valence-electron chi connectivity index (χ3n) is 2.97. The molecule has 0 aliphatic heterocycles. The average Bonchev–Trinajstić information content (AvgIpc) is 3.09. The molecular formula is C16H14N4O2. The van der Waals surface area contributed by atoms with Gasteiger partial charge in [0.1, 0.15) is 5.76 Å². The van der Waals surface area contributed by atoms with Crippen LogP contribution >= 0.6 is 0 Å². The molecule has 0 bridgehead atoms. The van der Waals surface area contributed by atoms with Crippen LogP contribution in [0, 0.1) is 0 Å². The van der Waals surface area contributed by atoms with E-state index in [0.717, 1.165) is 16.9 Å². The van der Waals surface area contributed by atoms with Crippen LogP contribution in [0.15, 0.2) is 65.8 Å². The van der Waals surface area contributed by atoms with Gasteiger partial charge < -0.3 is 15.1 Å². The fraction of sp³-hybridized carbons (Fsp3) is 0.0625. The summed E-state index contributed by atoms with van der Waals surface area (Å²) in [5.74, 6) is 0.745. The van der Waals surface area contributed by atoms with Crippen molar-refractivity contribution in [3.63, 3.8) is 0 Å². The molecule has 0 atom stereocenters. The summed E-state index contributed by atoms with van der Waals surface area (Å²) in [6, 6.07) is 8.84. The molecule has 0 aromatic carbocycles. The Kier molecular flexibility index (Phi) is 4.10. The van der Waals surface area contributed by atoms with Gasteiger partial charge >= 0.3 is 6.03 Å². The third kappa shape index (κ3) is 3.49. The van der Waals surface area contributed by atoms with Crippen LogP contribution in [0.4, 0.5) is 10.5 Å². The van der Waals surface area contributed by atoms with Crippen molar-refractivity contribution < 1.29 is 9.21 Å². The van der Waals surface area contributed by atoms with Gasteiger partial charge in [-0.2, -0.15) is 0 Å². The first kappa shape index (κ1) is 13.8. The normalized spacial score (nSPS) is 10.2. The van der Waals surface area contributed by atoms with Gasteiger partial charge in [-0.15, -0.1) is 0 Å². The van der Waals surface area contributed by atoms with Crippen molar-refractivity contribution in [2.24, 2.45) is 0 Å². The maximum Gasteiger partial charge on any atom is 0.319 e. The fourth-order valence-electron chi connectivity index (χ4n) is 1.96. The summed E-state index contributed by atoms with van der Waals surface area (Å²) in [4.78, 5) is 19.9. The summed E-state index contributed by atoms with van der Waals surface area (Å²) < 4.78 is 5.33. The monoisotopic (exact) mass is 294 g/mol. The summed E-state index contributed by atoms with van der Waals surface area (Å²) in [5, 5.41) is 5.47. The molecule has 3 rings (SSSR count). The molecule has 0 unspecified atom stereocenters. The Hall–Kier alpha value is -3.15. The first-order valence-electron chi connectivity index (χ1n) is 6.74. The highest BCUT2D eigenvalue weighted by molar-refractivity contribution is 5.88. The maximum absolute atomic E-state index is 11.8. The van der Waals surface area contributed by atoms with E-state index in [0.29, 0.717) is 12.2 Å². The van der Waals surface area contributed by atoms with Crippen LogP contribution in [0.25, 0.3) is 11.3 Å². The highest BCUT2D eigenvalue weighted by Crippen LogP contribution is 2.19. The number of furan rings is 1. The quantitative estimate of drug-likeness (QED) is 0.775. The Morgan fingerprint density at radius 3 is 2.86 bits per heavy atom. The zero-order valence-electron chi connectivity index (χ0n) is 11.7. The molecule has 2 amide bonds. The minimum Gasteiger partial charge on any atom is -0.464 e. The van der Waals surface area contributed by atoms with Crippen LogP contribution in [0.2, 0.25) is 0 Å². The zero-order valence-corrected chi connectivity index (χ0v) is 11.7. The van der Waals surface area contributed by atoms with E-state index in [-0.39, 0.29) is 6.03 Å². The first-order valence-corrected chi connectivity index (χ1v) is 6.74. The molecule has 110 valence electrons. The molecule has 0 aliphatic rings. The van der Waals surface area contributed by atoms with E-state index in [4.69, 9.17) is 4.42 Å². The standard InChI is InChI=1S/C16H14N4O2/c21-16(20-14-3-1-5-17-11-14)19-9-12-7-13(10-18-8-12)15-4-2-6-22-15/h1-8,10-11H,9H2,(H2,19,20,21). The predicted octanol–water partition coefficient (Wildman–Crippen LogP) is 3.06. The second-order valence-corrected chi connectivity index (χ2v) is 4.61. The molecule has 0 aliphatic carbocycles. The molecule has 2 N–H and O–H groups in total. The topological polar surface area (TPSA) is 80.0 Å². The van der Waals surface area contributed by atoms with Gasteiger partial charge in [0.15, 0.2) is 0 Å². The van der Waals surface area contributed by atoms with E-state index in [1.54, 1.807) is 43.2 Å². The lowest BCUT2D eigenvalue weighted by molar-refractivity contribution is 0.251. The number of nitrogens with one attached hydrogen (secondary N) is 2. The number of urea groups is 1. The average molecular weight is 294 g/mol. The lowest BCUT2D eigenvalue weighted by Gasteiger charge is -2.07. The van der Waals surface area contributed by atoms with Crippen molar-refractivity contribution in [3.8, 4) is 11.3 Å². The minimum absolute atomic E-state index is 0.295. The van der Waals surface area contributed by atoms with Crippen LogP contribution in [0.1, 0.15) is 5.56 Å². The molecule has 0 saturated carbocycles. The molecule has 3 aromatic rings. The van der Waals surface area contributed by atoms with Crippen LogP contribution in [-0.2, 0) is 6.54 Å². The van der Waals surface area contributed by atoms with Gasteiger partial charge in [-0.3, -0.25) is 9.97 Å². The zero-order chi connectivity index (χ0) is 15.2. The molecule has 6 nitrogen and oxygen atoms in total. The number of aromatic nitrogens is 2. The van der Waals surface area contributed by atoms with E-state index < -0.39 is 0 Å². The van der Waals surface area contributed by atoms with E-state index in [9.17, 15) is 4.79 Å². The highest BCUT2D eigenvalue weighted by atomic mass is 16.3. The number of nitrogens with zero attached hydrogens (tertiary/aromatic N) is 2. The number of rotatable bonds is 4. The predicted molar refractivity (Wildman–Crippen MR) is 82.0 cm³/mol. The third-order valence-corrected chi connectivity index (χ3v) is 2.97. The van der Waals surface area contributed by atoms with Crippen molar-refractivity contribution in [3.05, 3.63) is 66.9 Å². The summed E-state index contributed by atoms with van der Waals surface area (Å²) in [7, 11) is 0. The van der Waals surface area contributed by atoms with Gasteiger partial charge in [0.2, 0.25) is 0 Å². The summed E-state index contributed by atoms with van der Waals surface area (Å²) in [5.41, 5.74) is 2.40. The number of anilines is 1. The molecule has 0 spiro atoms. The Morgan fingerprint density at radius 2 is 2.09 bits per heavy atom. The molecule has 0 saturated heterocycles. The van der Waals surface area contributed by atoms with E-state index in [2.05, 4.69) is 20.6 Å². The summed E-state index contributed by atoms with van der Waals surface area (Å²) in [6.07, 6.45) is 8.27. The molecular weight excluding hydrogens is 280 g/mol.